The first kappa shape index (κ1) is 13.9. The van der Waals surface area contributed by atoms with E-state index in [0.717, 1.165) is 16.7 Å². The van der Waals surface area contributed by atoms with Crippen LogP contribution in [0.15, 0.2) is 16.7 Å². The molecule has 0 saturated heterocycles. The van der Waals surface area contributed by atoms with Gasteiger partial charge in [-0.2, -0.15) is 0 Å². The zero-order valence-electron chi connectivity index (χ0n) is 9.17. The van der Waals surface area contributed by atoms with Crippen LogP contribution in [-0.4, -0.2) is 27.2 Å². The number of halogens is 2. The van der Waals surface area contributed by atoms with E-state index in [2.05, 4.69) is 26.2 Å². The summed E-state index contributed by atoms with van der Waals surface area (Å²) in [6.45, 7) is 2.04. The maximum atomic E-state index is 11.0. The zero-order chi connectivity index (χ0) is 12.1. The van der Waals surface area contributed by atoms with E-state index < -0.39 is 10.8 Å². The van der Waals surface area contributed by atoms with Crippen LogP contribution >= 0.6 is 27.5 Å². The fraction of sp³-hybridized carbons (Fsp3) is 0.500. The van der Waals surface area contributed by atoms with Crippen molar-refractivity contribution in [2.24, 2.45) is 0 Å². The third kappa shape index (κ3) is 4.80. The first-order valence-electron chi connectivity index (χ1n) is 4.86. The molecule has 90 valence electrons. The van der Waals surface area contributed by atoms with Gasteiger partial charge in [0.15, 0.2) is 0 Å². The summed E-state index contributed by atoms with van der Waals surface area (Å²) in [7, 11) is -0.746. The van der Waals surface area contributed by atoms with E-state index in [9.17, 15) is 4.21 Å². The second-order valence-corrected chi connectivity index (χ2v) is 6.44. The molecule has 0 amide bonds. The van der Waals surface area contributed by atoms with E-state index in [1.165, 1.54) is 0 Å². The Kier molecular flexibility index (Phi) is 5.72. The Hall–Kier alpha value is -0.130. The van der Waals surface area contributed by atoms with Crippen LogP contribution < -0.4 is 5.32 Å². The Balaban J connectivity index is 2.55. The van der Waals surface area contributed by atoms with Crippen LogP contribution in [0, 0.1) is 0 Å². The molecular formula is C10H14BrClN2OS. The molecule has 0 aliphatic rings. The number of pyridine rings is 1. The minimum Gasteiger partial charge on any atom is -0.367 e. The summed E-state index contributed by atoms with van der Waals surface area (Å²) in [5, 5.41) is 3.84. The van der Waals surface area contributed by atoms with Crippen molar-refractivity contribution in [2.75, 3.05) is 17.3 Å². The molecule has 1 N–H and O–H groups in total. The van der Waals surface area contributed by atoms with Gasteiger partial charge in [-0.05, 0) is 35.3 Å². The van der Waals surface area contributed by atoms with Gasteiger partial charge in [0.25, 0.3) is 0 Å². The summed E-state index contributed by atoms with van der Waals surface area (Å²) in [4.78, 5) is 4.18. The molecule has 1 aromatic heterocycles. The fourth-order valence-corrected chi connectivity index (χ4v) is 2.61. The molecule has 16 heavy (non-hydrogen) atoms. The lowest BCUT2D eigenvalue weighted by Crippen LogP contribution is -2.18. The summed E-state index contributed by atoms with van der Waals surface area (Å²) in [6, 6.07) is 2.02. The van der Waals surface area contributed by atoms with Gasteiger partial charge in [-0.25, -0.2) is 4.98 Å². The summed E-state index contributed by atoms with van der Waals surface area (Å²) in [5.74, 6) is 1.46. The molecule has 3 nitrogen and oxygen atoms in total. The summed E-state index contributed by atoms with van der Waals surface area (Å²) in [6.07, 6.45) is 4.16. The summed E-state index contributed by atoms with van der Waals surface area (Å²) < 4.78 is 11.8. The summed E-state index contributed by atoms with van der Waals surface area (Å²) in [5.41, 5.74) is 0. The van der Waals surface area contributed by atoms with Gasteiger partial charge in [-0.3, -0.25) is 4.21 Å². The average Bonchev–Trinajstić information content (AvgIpc) is 2.19. The van der Waals surface area contributed by atoms with Crippen molar-refractivity contribution < 1.29 is 4.21 Å². The van der Waals surface area contributed by atoms with Crippen molar-refractivity contribution in [3.8, 4) is 0 Å². The normalized spacial score (nSPS) is 14.5. The lowest BCUT2D eigenvalue weighted by Gasteiger charge is -2.14. The van der Waals surface area contributed by atoms with Crippen LogP contribution in [0.25, 0.3) is 0 Å². The molecular weight excluding hydrogens is 312 g/mol. The minimum atomic E-state index is -0.746. The molecule has 1 heterocycles. The van der Waals surface area contributed by atoms with Crippen LogP contribution in [0.1, 0.15) is 13.3 Å². The average molecular weight is 326 g/mol. The van der Waals surface area contributed by atoms with Crippen LogP contribution in [0.3, 0.4) is 0 Å². The van der Waals surface area contributed by atoms with Crippen molar-refractivity contribution in [3.05, 3.63) is 21.8 Å². The van der Waals surface area contributed by atoms with E-state index in [0.29, 0.717) is 10.8 Å². The number of nitrogens with one attached hydrogen (secondary N) is 1. The molecule has 1 aromatic rings. The first-order valence-corrected chi connectivity index (χ1v) is 7.76. The second-order valence-electron chi connectivity index (χ2n) is 3.60. The van der Waals surface area contributed by atoms with Crippen LogP contribution in [0.4, 0.5) is 5.82 Å². The minimum absolute atomic E-state index is 0.230. The van der Waals surface area contributed by atoms with Gasteiger partial charge < -0.3 is 5.32 Å². The van der Waals surface area contributed by atoms with Crippen LogP contribution in [0.2, 0.25) is 5.02 Å². The van der Waals surface area contributed by atoms with E-state index in [1.807, 2.05) is 6.92 Å². The van der Waals surface area contributed by atoms with Gasteiger partial charge in [0.2, 0.25) is 0 Å². The topological polar surface area (TPSA) is 42.0 Å². The number of anilines is 1. The van der Waals surface area contributed by atoms with Gasteiger partial charge in [-0.15, -0.1) is 0 Å². The van der Waals surface area contributed by atoms with E-state index >= 15 is 0 Å². The molecule has 0 aromatic carbocycles. The van der Waals surface area contributed by atoms with Gasteiger partial charge in [0, 0.05) is 35.0 Å². The molecule has 6 heteroatoms. The first-order chi connectivity index (χ1) is 7.49. The van der Waals surface area contributed by atoms with Crippen LogP contribution in [0.5, 0.6) is 0 Å². The standard InChI is InChI=1S/C10H14BrClN2OS/c1-7(3-4-16(2)15)14-10-9(11)5-8(12)6-13-10/h5-7H,3-4H2,1-2H3,(H,13,14). The lowest BCUT2D eigenvalue weighted by molar-refractivity contribution is 0.678. The lowest BCUT2D eigenvalue weighted by atomic mass is 10.2. The largest absolute Gasteiger partial charge is 0.367 e. The molecule has 1 rings (SSSR count). The predicted molar refractivity (Wildman–Crippen MR) is 73.6 cm³/mol. The van der Waals surface area contributed by atoms with Crippen molar-refractivity contribution in [2.45, 2.75) is 19.4 Å². The highest BCUT2D eigenvalue weighted by atomic mass is 79.9. The quantitative estimate of drug-likeness (QED) is 0.904. The SMILES string of the molecule is CC(CCS(C)=O)Nc1ncc(Cl)cc1Br. The highest BCUT2D eigenvalue weighted by Gasteiger charge is 2.07. The third-order valence-corrected chi connectivity index (χ3v) is 3.65. The van der Waals surface area contributed by atoms with E-state index in [-0.39, 0.29) is 6.04 Å². The van der Waals surface area contributed by atoms with Crippen molar-refractivity contribution in [1.82, 2.24) is 4.98 Å². The second kappa shape index (κ2) is 6.57. The van der Waals surface area contributed by atoms with Crippen molar-refractivity contribution >= 4 is 44.1 Å². The monoisotopic (exact) mass is 324 g/mol. The van der Waals surface area contributed by atoms with Gasteiger partial charge >= 0.3 is 0 Å². The highest BCUT2D eigenvalue weighted by Crippen LogP contribution is 2.23. The van der Waals surface area contributed by atoms with Gasteiger partial charge in [0.05, 0.1) is 9.50 Å². The molecule has 2 atom stereocenters. The molecule has 0 radical (unpaired) electrons. The molecule has 0 fully saturated rings. The number of nitrogens with zero attached hydrogens (tertiary/aromatic N) is 1. The molecule has 0 aliphatic heterocycles. The Morgan fingerprint density at radius 3 is 2.94 bits per heavy atom. The number of rotatable bonds is 5. The van der Waals surface area contributed by atoms with Crippen molar-refractivity contribution in [3.63, 3.8) is 0 Å². The maximum absolute atomic E-state index is 11.0. The van der Waals surface area contributed by atoms with Gasteiger partial charge in [0.1, 0.15) is 5.82 Å². The number of aromatic nitrogens is 1. The van der Waals surface area contributed by atoms with E-state index in [4.69, 9.17) is 11.6 Å². The molecule has 0 aliphatic carbocycles. The fourth-order valence-electron chi connectivity index (χ4n) is 1.17. The Morgan fingerprint density at radius 2 is 2.38 bits per heavy atom. The van der Waals surface area contributed by atoms with E-state index in [1.54, 1.807) is 18.5 Å². The Labute approximate surface area is 112 Å². The third-order valence-electron chi connectivity index (χ3n) is 2.03. The summed E-state index contributed by atoms with van der Waals surface area (Å²) >= 11 is 9.18. The number of hydrogen-bond acceptors (Lipinski definition) is 3. The van der Waals surface area contributed by atoms with Crippen LogP contribution in [-0.2, 0) is 10.8 Å². The Morgan fingerprint density at radius 1 is 1.69 bits per heavy atom. The highest BCUT2D eigenvalue weighted by molar-refractivity contribution is 9.10. The zero-order valence-corrected chi connectivity index (χ0v) is 12.3. The number of hydrogen-bond donors (Lipinski definition) is 1. The molecule has 0 bridgehead atoms. The molecule has 0 spiro atoms. The maximum Gasteiger partial charge on any atom is 0.140 e. The predicted octanol–water partition coefficient (Wildman–Crippen LogP) is 3.07. The van der Waals surface area contributed by atoms with Crippen molar-refractivity contribution in [1.29, 1.82) is 0 Å². The Bertz CT molecular complexity index is 389. The molecule has 2 unspecified atom stereocenters. The van der Waals surface area contributed by atoms with Gasteiger partial charge in [-0.1, -0.05) is 11.6 Å². The molecule has 0 saturated carbocycles. The smallest absolute Gasteiger partial charge is 0.140 e.